The first-order valence-electron chi connectivity index (χ1n) is 8.05. The van der Waals surface area contributed by atoms with E-state index in [9.17, 15) is 9.90 Å². The van der Waals surface area contributed by atoms with E-state index in [0.717, 1.165) is 11.1 Å². The number of nitrogens with one attached hydrogen (secondary N) is 2. The lowest BCUT2D eigenvalue weighted by molar-refractivity contribution is 0.142. The molecule has 3 atom stereocenters. The molecular formula is C18H23N3O2S. The smallest absolute Gasteiger partial charge is 0.315 e. The molecule has 0 aliphatic heterocycles. The highest BCUT2D eigenvalue weighted by molar-refractivity contribution is 7.07. The van der Waals surface area contributed by atoms with E-state index in [1.807, 2.05) is 43.7 Å². The number of rotatable bonds is 5. The number of hydrogen-bond acceptors (Lipinski definition) is 4. The largest absolute Gasteiger partial charge is 0.390 e. The molecule has 2 aromatic rings. The molecule has 1 aromatic heterocycles. The van der Waals surface area contributed by atoms with Gasteiger partial charge >= 0.3 is 6.03 Å². The number of aliphatic hydroxyl groups excluding tert-OH is 1. The summed E-state index contributed by atoms with van der Waals surface area (Å²) in [5.74, 6) is 0. The van der Waals surface area contributed by atoms with Gasteiger partial charge in [-0.3, -0.25) is 0 Å². The van der Waals surface area contributed by atoms with E-state index >= 15 is 0 Å². The average molecular weight is 345 g/mol. The van der Waals surface area contributed by atoms with E-state index in [4.69, 9.17) is 0 Å². The number of hydrogen-bond donors (Lipinski definition) is 3. The number of fused-ring (bicyclic) bond motifs is 1. The number of aliphatic hydroxyl groups is 1. The van der Waals surface area contributed by atoms with Crippen molar-refractivity contribution in [1.29, 1.82) is 0 Å². The predicted octanol–water partition coefficient (Wildman–Crippen LogP) is 2.31. The normalized spacial score (nSPS) is 20.7. The van der Waals surface area contributed by atoms with Gasteiger partial charge in [0.15, 0.2) is 0 Å². The van der Waals surface area contributed by atoms with Crippen LogP contribution in [0.15, 0.2) is 41.1 Å². The summed E-state index contributed by atoms with van der Waals surface area (Å²) in [5, 5.41) is 20.2. The first kappa shape index (κ1) is 17.0. The van der Waals surface area contributed by atoms with Gasteiger partial charge in [0, 0.05) is 13.0 Å². The maximum absolute atomic E-state index is 12.3. The third-order valence-corrected chi connectivity index (χ3v) is 5.20. The second-order valence-electron chi connectivity index (χ2n) is 6.34. The fourth-order valence-corrected chi connectivity index (χ4v) is 3.90. The van der Waals surface area contributed by atoms with E-state index < -0.39 is 6.10 Å². The number of thiophene rings is 1. The van der Waals surface area contributed by atoms with Gasteiger partial charge in [-0.15, -0.1) is 0 Å². The zero-order chi connectivity index (χ0) is 17.1. The number of benzene rings is 1. The molecule has 24 heavy (non-hydrogen) atoms. The van der Waals surface area contributed by atoms with Gasteiger partial charge in [0.1, 0.15) is 0 Å². The topological polar surface area (TPSA) is 64.6 Å². The highest BCUT2D eigenvalue weighted by Gasteiger charge is 2.31. The lowest BCUT2D eigenvalue weighted by atomic mass is 10.1. The Morgan fingerprint density at radius 1 is 1.38 bits per heavy atom. The summed E-state index contributed by atoms with van der Waals surface area (Å²) in [5.41, 5.74) is 3.29. The zero-order valence-electron chi connectivity index (χ0n) is 13.9. The van der Waals surface area contributed by atoms with Crippen LogP contribution in [-0.2, 0) is 6.42 Å². The summed E-state index contributed by atoms with van der Waals surface area (Å²) in [6.07, 6.45) is 0.00533. The standard InChI is InChI=1S/C18H23N3O2S/c1-21(2)15(13-7-8-24-11-13)10-19-18(23)20-17-14-6-4-3-5-12(14)9-16(17)22/h3-8,11,15-17,22H,9-10H2,1-2H3,(H2,19,20,23)/t15?,16-,17+/m1/s1. The molecule has 0 spiro atoms. The molecule has 0 bridgehead atoms. The van der Waals surface area contributed by atoms with Crippen molar-refractivity contribution in [3.8, 4) is 0 Å². The molecule has 2 amide bonds. The number of carbonyl (C=O) groups excluding carboxylic acids is 1. The minimum Gasteiger partial charge on any atom is -0.390 e. The molecule has 128 valence electrons. The first-order chi connectivity index (χ1) is 11.6. The van der Waals surface area contributed by atoms with E-state index in [2.05, 4.69) is 27.0 Å². The van der Waals surface area contributed by atoms with Crippen molar-refractivity contribution in [1.82, 2.24) is 15.5 Å². The summed E-state index contributed by atoms with van der Waals surface area (Å²) in [6, 6.07) is 9.45. The van der Waals surface area contributed by atoms with Crippen LogP contribution in [0.3, 0.4) is 0 Å². The molecule has 1 aliphatic rings. The number of likely N-dealkylation sites (N-methyl/N-ethyl adjacent to an activating group) is 1. The Hall–Kier alpha value is -1.89. The molecule has 1 unspecified atom stereocenters. The Bertz CT molecular complexity index is 687. The van der Waals surface area contributed by atoms with Crippen molar-refractivity contribution in [2.24, 2.45) is 0 Å². The molecule has 0 radical (unpaired) electrons. The van der Waals surface area contributed by atoms with Gasteiger partial charge in [0.2, 0.25) is 0 Å². The van der Waals surface area contributed by atoms with Crippen LogP contribution in [0.2, 0.25) is 0 Å². The minimum atomic E-state index is -0.574. The minimum absolute atomic E-state index is 0.128. The summed E-state index contributed by atoms with van der Waals surface area (Å²) in [4.78, 5) is 14.4. The summed E-state index contributed by atoms with van der Waals surface area (Å²) in [7, 11) is 4.00. The molecule has 3 rings (SSSR count). The molecular weight excluding hydrogens is 322 g/mol. The van der Waals surface area contributed by atoms with Gasteiger partial charge < -0.3 is 20.6 Å². The quantitative estimate of drug-likeness (QED) is 0.779. The van der Waals surface area contributed by atoms with Gasteiger partial charge in [-0.25, -0.2) is 4.79 Å². The van der Waals surface area contributed by atoms with Crippen molar-refractivity contribution in [3.05, 3.63) is 57.8 Å². The van der Waals surface area contributed by atoms with Crippen LogP contribution in [0, 0.1) is 0 Å². The van der Waals surface area contributed by atoms with E-state index in [-0.39, 0.29) is 18.1 Å². The summed E-state index contributed by atoms with van der Waals surface area (Å²) >= 11 is 1.65. The fourth-order valence-electron chi connectivity index (χ4n) is 3.19. The maximum Gasteiger partial charge on any atom is 0.315 e. The maximum atomic E-state index is 12.3. The molecule has 1 aliphatic carbocycles. The van der Waals surface area contributed by atoms with Crippen LogP contribution < -0.4 is 10.6 Å². The van der Waals surface area contributed by atoms with Crippen LogP contribution in [-0.4, -0.2) is 42.8 Å². The van der Waals surface area contributed by atoms with Crippen LogP contribution in [0.1, 0.15) is 28.8 Å². The van der Waals surface area contributed by atoms with E-state index in [1.165, 1.54) is 5.56 Å². The fraction of sp³-hybridized carbons (Fsp3) is 0.389. The lowest BCUT2D eigenvalue weighted by Crippen LogP contribution is -2.43. The van der Waals surface area contributed by atoms with Crippen molar-refractivity contribution in [3.63, 3.8) is 0 Å². The van der Waals surface area contributed by atoms with E-state index in [0.29, 0.717) is 13.0 Å². The lowest BCUT2D eigenvalue weighted by Gasteiger charge is -2.25. The molecule has 3 N–H and O–H groups in total. The Morgan fingerprint density at radius 2 is 2.17 bits per heavy atom. The van der Waals surface area contributed by atoms with Gasteiger partial charge in [0.25, 0.3) is 0 Å². The highest BCUT2D eigenvalue weighted by atomic mass is 32.1. The number of amides is 2. The molecule has 1 aromatic carbocycles. The van der Waals surface area contributed by atoms with Gasteiger partial charge in [0.05, 0.1) is 18.2 Å². The Morgan fingerprint density at radius 3 is 2.88 bits per heavy atom. The Balaban J connectivity index is 1.60. The molecule has 0 saturated heterocycles. The number of urea groups is 1. The number of carbonyl (C=O) groups is 1. The number of nitrogens with zero attached hydrogens (tertiary/aromatic N) is 1. The van der Waals surface area contributed by atoms with Crippen molar-refractivity contribution < 1.29 is 9.90 Å². The third kappa shape index (κ3) is 3.61. The van der Waals surface area contributed by atoms with Crippen molar-refractivity contribution in [2.75, 3.05) is 20.6 Å². The molecule has 1 heterocycles. The first-order valence-corrected chi connectivity index (χ1v) is 8.99. The molecule has 5 nitrogen and oxygen atoms in total. The van der Waals surface area contributed by atoms with Gasteiger partial charge in [-0.1, -0.05) is 24.3 Å². The Labute approximate surface area is 146 Å². The highest BCUT2D eigenvalue weighted by Crippen LogP contribution is 2.31. The molecule has 0 saturated carbocycles. The second-order valence-corrected chi connectivity index (χ2v) is 7.12. The van der Waals surface area contributed by atoms with Crippen LogP contribution in [0.4, 0.5) is 4.79 Å². The van der Waals surface area contributed by atoms with E-state index in [1.54, 1.807) is 11.3 Å². The van der Waals surface area contributed by atoms with Gasteiger partial charge in [-0.05, 0) is 47.6 Å². The monoisotopic (exact) mass is 345 g/mol. The van der Waals surface area contributed by atoms with Crippen LogP contribution >= 0.6 is 11.3 Å². The zero-order valence-corrected chi connectivity index (χ0v) is 14.7. The Kier molecular flexibility index (Phi) is 5.18. The molecule has 6 heteroatoms. The third-order valence-electron chi connectivity index (χ3n) is 4.50. The average Bonchev–Trinajstić information content (AvgIpc) is 3.16. The predicted molar refractivity (Wildman–Crippen MR) is 96.2 cm³/mol. The van der Waals surface area contributed by atoms with Crippen molar-refractivity contribution >= 4 is 17.4 Å². The second kappa shape index (κ2) is 7.34. The van der Waals surface area contributed by atoms with Gasteiger partial charge in [-0.2, -0.15) is 11.3 Å². The van der Waals surface area contributed by atoms with Crippen LogP contribution in [0.5, 0.6) is 0 Å². The summed E-state index contributed by atoms with van der Waals surface area (Å²) in [6.45, 7) is 0.514. The SMILES string of the molecule is CN(C)C(CNC(=O)N[C@H]1c2ccccc2C[C@H]1O)c1ccsc1. The summed E-state index contributed by atoms with van der Waals surface area (Å²) < 4.78 is 0. The van der Waals surface area contributed by atoms with Crippen LogP contribution in [0.25, 0.3) is 0 Å². The molecule has 0 fully saturated rings. The van der Waals surface area contributed by atoms with Crippen molar-refractivity contribution in [2.45, 2.75) is 24.6 Å².